The van der Waals surface area contributed by atoms with E-state index in [9.17, 15) is 4.79 Å². The predicted octanol–water partition coefficient (Wildman–Crippen LogP) is 6.69. The molecule has 0 saturated carbocycles. The van der Waals surface area contributed by atoms with Crippen molar-refractivity contribution in [2.75, 3.05) is 0 Å². The smallest absolute Gasteiger partial charge is 0.181 e. The summed E-state index contributed by atoms with van der Waals surface area (Å²) in [5.41, 5.74) is 7.08. The predicted molar refractivity (Wildman–Crippen MR) is 139 cm³/mol. The van der Waals surface area contributed by atoms with E-state index in [0.29, 0.717) is 39.5 Å². The van der Waals surface area contributed by atoms with E-state index in [4.69, 9.17) is 30.8 Å². The first-order chi connectivity index (χ1) is 18.1. The van der Waals surface area contributed by atoms with Crippen LogP contribution in [-0.2, 0) is 13.2 Å². The SMILES string of the molecule is Cc1c(COc2cc(OCc3cncc(C#N)c3)c(C=O)cc2Cl)cccc1-c1ccc2ocnc2c1. The molecule has 0 atom stereocenters. The van der Waals surface area contributed by atoms with Gasteiger partial charge in [-0.25, -0.2) is 4.98 Å². The number of nitrogens with zero attached hydrogens (tertiary/aromatic N) is 3. The Morgan fingerprint density at radius 1 is 1.05 bits per heavy atom. The number of ether oxygens (including phenoxy) is 2. The number of hydrogen-bond acceptors (Lipinski definition) is 7. The van der Waals surface area contributed by atoms with Gasteiger partial charge < -0.3 is 13.9 Å². The fraction of sp³-hybridized carbons (Fsp3) is 0.103. The van der Waals surface area contributed by atoms with Crippen LogP contribution in [-0.4, -0.2) is 16.3 Å². The summed E-state index contributed by atoms with van der Waals surface area (Å²) in [4.78, 5) is 19.9. The van der Waals surface area contributed by atoms with Gasteiger partial charge in [0.2, 0.25) is 0 Å². The summed E-state index contributed by atoms with van der Waals surface area (Å²) in [5.74, 6) is 0.711. The van der Waals surface area contributed by atoms with Crippen LogP contribution in [0.15, 0.2) is 77.8 Å². The minimum absolute atomic E-state index is 0.126. The number of nitriles is 1. The Hall–Kier alpha value is -4.67. The normalized spacial score (nSPS) is 10.7. The zero-order valence-corrected chi connectivity index (χ0v) is 20.5. The van der Waals surface area contributed by atoms with Gasteiger partial charge in [0.1, 0.15) is 36.3 Å². The zero-order valence-electron chi connectivity index (χ0n) is 19.8. The van der Waals surface area contributed by atoms with Crippen LogP contribution in [0.3, 0.4) is 0 Å². The van der Waals surface area contributed by atoms with Crippen molar-refractivity contribution in [3.05, 3.63) is 106 Å². The van der Waals surface area contributed by atoms with Crippen LogP contribution in [0.25, 0.3) is 22.2 Å². The molecule has 37 heavy (non-hydrogen) atoms. The molecule has 0 unspecified atom stereocenters. The van der Waals surface area contributed by atoms with Crippen LogP contribution >= 0.6 is 11.6 Å². The lowest BCUT2D eigenvalue weighted by molar-refractivity contribution is 0.111. The topological polar surface area (TPSA) is 98.2 Å². The van der Waals surface area contributed by atoms with Crippen molar-refractivity contribution in [2.24, 2.45) is 0 Å². The molecule has 2 aromatic heterocycles. The number of fused-ring (bicyclic) bond motifs is 1. The van der Waals surface area contributed by atoms with E-state index in [0.717, 1.165) is 33.4 Å². The monoisotopic (exact) mass is 509 g/mol. The van der Waals surface area contributed by atoms with Gasteiger partial charge in [-0.1, -0.05) is 35.9 Å². The lowest BCUT2D eigenvalue weighted by atomic mass is 9.96. The number of aromatic nitrogens is 2. The molecule has 2 heterocycles. The number of carbonyl (C=O) groups is 1. The second-order valence-electron chi connectivity index (χ2n) is 8.33. The molecule has 0 saturated heterocycles. The van der Waals surface area contributed by atoms with Gasteiger partial charge in [-0.3, -0.25) is 9.78 Å². The highest BCUT2D eigenvalue weighted by molar-refractivity contribution is 6.32. The average Bonchev–Trinajstić information content (AvgIpc) is 3.40. The first-order valence-corrected chi connectivity index (χ1v) is 11.7. The lowest BCUT2D eigenvalue weighted by Gasteiger charge is -2.15. The third-order valence-corrected chi connectivity index (χ3v) is 6.28. The standard InChI is InChI=1S/C29H20ClN3O4/c1-18-22(3-2-4-24(18)21-5-6-27-26(9-21)33-17-37-27)16-36-29-10-28(23(14-34)8-25(29)30)35-15-20-7-19(11-31)12-32-13-20/h2-10,12-14,17H,15-16H2,1H3. The molecule has 0 bridgehead atoms. The number of pyridine rings is 1. The summed E-state index contributed by atoms with van der Waals surface area (Å²) in [6.45, 7) is 2.43. The van der Waals surface area contributed by atoms with E-state index in [1.54, 1.807) is 18.3 Å². The first-order valence-electron chi connectivity index (χ1n) is 11.4. The van der Waals surface area contributed by atoms with Crippen LogP contribution in [0.5, 0.6) is 11.5 Å². The Kier molecular flexibility index (Phi) is 6.84. The quantitative estimate of drug-likeness (QED) is 0.215. The van der Waals surface area contributed by atoms with E-state index < -0.39 is 0 Å². The molecular formula is C29H20ClN3O4. The molecule has 0 N–H and O–H groups in total. The molecule has 0 amide bonds. The van der Waals surface area contributed by atoms with E-state index in [2.05, 4.69) is 9.97 Å². The van der Waals surface area contributed by atoms with Crippen LogP contribution in [0.1, 0.15) is 32.6 Å². The molecule has 0 spiro atoms. The summed E-state index contributed by atoms with van der Waals surface area (Å²) in [6, 6.07) is 18.8. The highest BCUT2D eigenvalue weighted by Crippen LogP contribution is 2.34. The molecule has 5 aromatic rings. The number of carbonyl (C=O) groups excluding carboxylic acids is 1. The third-order valence-electron chi connectivity index (χ3n) is 5.98. The van der Waals surface area contributed by atoms with Crippen molar-refractivity contribution < 1.29 is 18.7 Å². The van der Waals surface area contributed by atoms with Gasteiger partial charge in [0.25, 0.3) is 0 Å². The van der Waals surface area contributed by atoms with Gasteiger partial charge in [-0.15, -0.1) is 0 Å². The van der Waals surface area contributed by atoms with Crippen molar-refractivity contribution in [1.82, 2.24) is 9.97 Å². The van der Waals surface area contributed by atoms with Gasteiger partial charge in [-0.2, -0.15) is 5.26 Å². The van der Waals surface area contributed by atoms with Crippen molar-refractivity contribution in [3.8, 4) is 28.7 Å². The van der Waals surface area contributed by atoms with Crippen molar-refractivity contribution >= 4 is 29.0 Å². The minimum Gasteiger partial charge on any atom is -0.488 e. The maximum Gasteiger partial charge on any atom is 0.181 e. The third kappa shape index (κ3) is 5.15. The Labute approximate surface area is 217 Å². The molecule has 3 aromatic carbocycles. The van der Waals surface area contributed by atoms with Gasteiger partial charge >= 0.3 is 0 Å². The highest BCUT2D eigenvalue weighted by Gasteiger charge is 2.14. The fourth-order valence-corrected chi connectivity index (χ4v) is 4.23. The maximum atomic E-state index is 11.6. The largest absolute Gasteiger partial charge is 0.488 e. The van der Waals surface area contributed by atoms with Crippen LogP contribution in [0.4, 0.5) is 0 Å². The molecular weight excluding hydrogens is 490 g/mol. The summed E-state index contributed by atoms with van der Waals surface area (Å²) in [6.07, 6.45) is 5.18. The van der Waals surface area contributed by atoms with E-state index in [1.807, 2.05) is 49.4 Å². The van der Waals surface area contributed by atoms with Gasteiger partial charge in [0.15, 0.2) is 18.3 Å². The van der Waals surface area contributed by atoms with Crippen molar-refractivity contribution in [3.63, 3.8) is 0 Å². The Morgan fingerprint density at radius 2 is 1.92 bits per heavy atom. The number of benzene rings is 3. The molecule has 5 rings (SSSR count). The molecule has 0 aliphatic heterocycles. The van der Waals surface area contributed by atoms with Gasteiger partial charge in [-0.05, 0) is 53.4 Å². The summed E-state index contributed by atoms with van der Waals surface area (Å²) in [5, 5.41) is 9.37. The van der Waals surface area contributed by atoms with E-state index in [-0.39, 0.29) is 13.2 Å². The zero-order chi connectivity index (χ0) is 25.8. The van der Waals surface area contributed by atoms with E-state index >= 15 is 0 Å². The highest BCUT2D eigenvalue weighted by atomic mass is 35.5. The molecule has 0 radical (unpaired) electrons. The average molecular weight is 510 g/mol. The molecule has 8 heteroatoms. The lowest BCUT2D eigenvalue weighted by Crippen LogP contribution is -2.03. The molecule has 0 aliphatic carbocycles. The molecule has 182 valence electrons. The number of oxazole rings is 1. The van der Waals surface area contributed by atoms with Crippen molar-refractivity contribution in [1.29, 1.82) is 5.26 Å². The summed E-state index contributed by atoms with van der Waals surface area (Å²) in [7, 11) is 0. The molecule has 0 aliphatic rings. The van der Waals surface area contributed by atoms with Crippen LogP contribution in [0.2, 0.25) is 5.02 Å². The second-order valence-corrected chi connectivity index (χ2v) is 8.74. The summed E-state index contributed by atoms with van der Waals surface area (Å²) >= 11 is 6.41. The van der Waals surface area contributed by atoms with Gasteiger partial charge in [0, 0.05) is 24.0 Å². The number of rotatable bonds is 8. The van der Waals surface area contributed by atoms with Crippen molar-refractivity contribution in [2.45, 2.75) is 20.1 Å². The minimum atomic E-state index is 0.126. The maximum absolute atomic E-state index is 11.6. The van der Waals surface area contributed by atoms with Crippen LogP contribution in [0, 0.1) is 18.3 Å². The van der Waals surface area contributed by atoms with E-state index in [1.165, 1.54) is 18.7 Å². The Morgan fingerprint density at radius 3 is 2.76 bits per heavy atom. The number of aldehydes is 1. The Bertz CT molecular complexity index is 1660. The number of halogens is 1. The summed E-state index contributed by atoms with van der Waals surface area (Å²) < 4.78 is 17.3. The van der Waals surface area contributed by atoms with Crippen LogP contribution < -0.4 is 9.47 Å². The second kappa shape index (κ2) is 10.5. The molecule has 7 nitrogen and oxygen atoms in total. The first kappa shape index (κ1) is 24.0. The Balaban J connectivity index is 1.36. The number of hydrogen-bond donors (Lipinski definition) is 0. The fourth-order valence-electron chi connectivity index (χ4n) is 4.00. The molecule has 0 fully saturated rings. The van der Waals surface area contributed by atoms with Gasteiger partial charge in [0.05, 0.1) is 16.1 Å².